The van der Waals surface area contributed by atoms with Gasteiger partial charge in [-0.25, -0.2) is 4.68 Å². The van der Waals surface area contributed by atoms with Gasteiger partial charge in [0.1, 0.15) is 23.8 Å². The number of phenols is 1. The molecule has 0 bridgehead atoms. The van der Waals surface area contributed by atoms with Crippen molar-refractivity contribution >= 4 is 0 Å². The summed E-state index contributed by atoms with van der Waals surface area (Å²) in [6.45, 7) is 4.18. The van der Waals surface area contributed by atoms with Crippen LogP contribution in [0.1, 0.15) is 30.0 Å². The first-order valence-electron chi connectivity index (χ1n) is 7.23. The smallest absolute Gasteiger partial charge is 0.134 e. The molecule has 0 aliphatic rings. The van der Waals surface area contributed by atoms with E-state index < -0.39 is 0 Å². The molecule has 0 aliphatic heterocycles. The standard InChI is InChI=1S/C16H17N5O2/c1-11-16(18-7-6-17-11)12(2)21-9-13(19-20-21)10-23-15-5-3-4-14(22)8-15/h3-9,12,22H,10H2,1-2H3. The molecule has 0 spiro atoms. The normalized spacial score (nSPS) is 12.1. The van der Waals surface area contributed by atoms with Crippen LogP contribution in [0.5, 0.6) is 11.5 Å². The number of aromatic nitrogens is 5. The lowest BCUT2D eigenvalue weighted by Gasteiger charge is -2.12. The van der Waals surface area contributed by atoms with Crippen molar-refractivity contribution < 1.29 is 9.84 Å². The van der Waals surface area contributed by atoms with E-state index in [0.717, 1.165) is 11.4 Å². The molecule has 0 saturated heterocycles. The van der Waals surface area contributed by atoms with Gasteiger partial charge in [-0.3, -0.25) is 9.97 Å². The van der Waals surface area contributed by atoms with E-state index in [1.165, 1.54) is 0 Å². The number of rotatable bonds is 5. The molecule has 7 heteroatoms. The highest BCUT2D eigenvalue weighted by atomic mass is 16.5. The molecule has 1 atom stereocenters. The van der Waals surface area contributed by atoms with Crippen LogP contribution in [0.3, 0.4) is 0 Å². The van der Waals surface area contributed by atoms with Gasteiger partial charge in [-0.05, 0) is 26.0 Å². The monoisotopic (exact) mass is 311 g/mol. The molecule has 7 nitrogen and oxygen atoms in total. The third-order valence-electron chi connectivity index (χ3n) is 3.47. The fourth-order valence-corrected chi connectivity index (χ4v) is 2.25. The van der Waals surface area contributed by atoms with E-state index >= 15 is 0 Å². The third-order valence-corrected chi connectivity index (χ3v) is 3.47. The lowest BCUT2D eigenvalue weighted by atomic mass is 10.2. The topological polar surface area (TPSA) is 86.0 Å². The van der Waals surface area contributed by atoms with Gasteiger partial charge in [-0.2, -0.15) is 0 Å². The van der Waals surface area contributed by atoms with Gasteiger partial charge >= 0.3 is 0 Å². The Bertz CT molecular complexity index is 802. The molecule has 1 N–H and O–H groups in total. The van der Waals surface area contributed by atoms with E-state index in [1.54, 1.807) is 41.3 Å². The van der Waals surface area contributed by atoms with Crippen LogP contribution in [-0.2, 0) is 6.61 Å². The van der Waals surface area contributed by atoms with Crippen molar-refractivity contribution in [3.05, 3.63) is 59.9 Å². The molecule has 0 aliphatic carbocycles. The van der Waals surface area contributed by atoms with Gasteiger partial charge in [0.05, 0.1) is 23.6 Å². The molecule has 1 aromatic carbocycles. The molecular weight excluding hydrogens is 294 g/mol. The predicted octanol–water partition coefficient (Wildman–Crippen LogP) is 2.27. The van der Waals surface area contributed by atoms with Crippen molar-refractivity contribution in [2.75, 3.05) is 0 Å². The van der Waals surface area contributed by atoms with Crippen molar-refractivity contribution in [2.45, 2.75) is 26.5 Å². The van der Waals surface area contributed by atoms with Gasteiger partial charge in [0, 0.05) is 18.5 Å². The first-order chi connectivity index (χ1) is 11.1. The summed E-state index contributed by atoms with van der Waals surface area (Å²) in [5, 5.41) is 17.7. The van der Waals surface area contributed by atoms with Crippen molar-refractivity contribution in [3.8, 4) is 11.5 Å². The molecule has 0 saturated carbocycles. The zero-order valence-corrected chi connectivity index (χ0v) is 12.9. The average molecular weight is 311 g/mol. The summed E-state index contributed by atoms with van der Waals surface area (Å²) in [5.41, 5.74) is 2.42. The van der Waals surface area contributed by atoms with E-state index in [4.69, 9.17) is 4.74 Å². The second-order valence-corrected chi connectivity index (χ2v) is 5.18. The lowest BCUT2D eigenvalue weighted by molar-refractivity contribution is 0.299. The molecule has 3 rings (SSSR count). The maximum Gasteiger partial charge on any atom is 0.134 e. The van der Waals surface area contributed by atoms with Crippen LogP contribution in [0.2, 0.25) is 0 Å². The van der Waals surface area contributed by atoms with Gasteiger partial charge in [0.25, 0.3) is 0 Å². The van der Waals surface area contributed by atoms with Gasteiger partial charge < -0.3 is 9.84 Å². The number of nitrogens with zero attached hydrogens (tertiary/aromatic N) is 5. The van der Waals surface area contributed by atoms with Crippen LogP contribution in [0, 0.1) is 6.92 Å². The van der Waals surface area contributed by atoms with E-state index in [-0.39, 0.29) is 18.4 Å². The Morgan fingerprint density at radius 1 is 1.26 bits per heavy atom. The van der Waals surface area contributed by atoms with Crippen LogP contribution < -0.4 is 4.74 Å². The summed E-state index contributed by atoms with van der Waals surface area (Å²) in [6.07, 6.45) is 5.16. The summed E-state index contributed by atoms with van der Waals surface area (Å²) in [7, 11) is 0. The minimum atomic E-state index is -0.0641. The number of phenolic OH excluding ortho intramolecular Hbond substituents is 1. The highest BCUT2D eigenvalue weighted by Gasteiger charge is 2.14. The molecule has 0 radical (unpaired) electrons. The molecular formula is C16H17N5O2. The second kappa shape index (κ2) is 6.43. The zero-order valence-electron chi connectivity index (χ0n) is 12.9. The number of benzene rings is 1. The Labute approximate surface area is 133 Å². The van der Waals surface area contributed by atoms with E-state index in [0.29, 0.717) is 11.4 Å². The van der Waals surface area contributed by atoms with E-state index in [2.05, 4.69) is 20.3 Å². The van der Waals surface area contributed by atoms with Crippen LogP contribution in [0.4, 0.5) is 0 Å². The molecule has 1 unspecified atom stereocenters. The number of aromatic hydroxyl groups is 1. The SMILES string of the molecule is Cc1nccnc1C(C)n1cc(COc2cccc(O)c2)nn1. The second-order valence-electron chi connectivity index (χ2n) is 5.18. The quantitative estimate of drug-likeness (QED) is 0.778. The Morgan fingerprint density at radius 2 is 2.09 bits per heavy atom. The third kappa shape index (κ3) is 3.45. The fourth-order valence-electron chi connectivity index (χ4n) is 2.25. The van der Waals surface area contributed by atoms with Crippen molar-refractivity contribution in [1.29, 1.82) is 0 Å². The lowest BCUT2D eigenvalue weighted by Crippen LogP contribution is -2.11. The number of ether oxygens (including phenoxy) is 1. The maximum absolute atomic E-state index is 9.41. The van der Waals surface area contributed by atoms with Crippen LogP contribution in [-0.4, -0.2) is 30.1 Å². The average Bonchev–Trinajstić information content (AvgIpc) is 3.02. The Hall–Kier alpha value is -2.96. The van der Waals surface area contributed by atoms with Crippen LogP contribution in [0.15, 0.2) is 42.9 Å². The molecule has 118 valence electrons. The Balaban J connectivity index is 1.69. The summed E-state index contributed by atoms with van der Waals surface area (Å²) < 4.78 is 7.33. The van der Waals surface area contributed by atoms with E-state index in [9.17, 15) is 5.11 Å². The summed E-state index contributed by atoms with van der Waals surface area (Å²) in [5.74, 6) is 0.746. The van der Waals surface area contributed by atoms with Gasteiger partial charge in [0.15, 0.2) is 0 Å². The van der Waals surface area contributed by atoms with Crippen molar-refractivity contribution in [1.82, 2.24) is 25.0 Å². The molecule has 23 heavy (non-hydrogen) atoms. The molecule has 0 amide bonds. The molecule has 0 fully saturated rings. The highest BCUT2D eigenvalue weighted by molar-refractivity contribution is 5.31. The molecule has 2 aromatic heterocycles. The summed E-state index contributed by atoms with van der Waals surface area (Å²) in [4.78, 5) is 8.60. The van der Waals surface area contributed by atoms with Crippen LogP contribution >= 0.6 is 0 Å². The fraction of sp³-hybridized carbons (Fsp3) is 0.250. The van der Waals surface area contributed by atoms with E-state index in [1.807, 2.05) is 20.0 Å². The van der Waals surface area contributed by atoms with Crippen molar-refractivity contribution in [3.63, 3.8) is 0 Å². The van der Waals surface area contributed by atoms with Gasteiger partial charge in [-0.15, -0.1) is 5.10 Å². The minimum Gasteiger partial charge on any atom is -0.508 e. The van der Waals surface area contributed by atoms with Crippen LogP contribution in [0.25, 0.3) is 0 Å². The van der Waals surface area contributed by atoms with Gasteiger partial charge in [-0.1, -0.05) is 11.3 Å². The number of hydrogen-bond donors (Lipinski definition) is 1. The van der Waals surface area contributed by atoms with Crippen molar-refractivity contribution in [2.24, 2.45) is 0 Å². The highest BCUT2D eigenvalue weighted by Crippen LogP contribution is 2.19. The Morgan fingerprint density at radius 3 is 2.87 bits per heavy atom. The Kier molecular flexibility index (Phi) is 4.18. The first-order valence-corrected chi connectivity index (χ1v) is 7.23. The maximum atomic E-state index is 9.41. The largest absolute Gasteiger partial charge is 0.508 e. The number of aryl methyl sites for hydroxylation is 1. The zero-order chi connectivity index (χ0) is 16.2. The van der Waals surface area contributed by atoms with Gasteiger partial charge in [0.2, 0.25) is 0 Å². The summed E-state index contributed by atoms with van der Waals surface area (Å²) >= 11 is 0. The molecule has 3 aromatic rings. The first kappa shape index (κ1) is 15.0. The predicted molar refractivity (Wildman–Crippen MR) is 83.0 cm³/mol. The molecule has 2 heterocycles. The number of hydrogen-bond acceptors (Lipinski definition) is 6. The summed E-state index contributed by atoms with van der Waals surface area (Å²) in [6, 6.07) is 6.57. The minimum absolute atomic E-state index is 0.0641.